The lowest BCUT2D eigenvalue weighted by Crippen LogP contribution is -2.41. The second kappa shape index (κ2) is 5.32. The zero-order valence-electron chi connectivity index (χ0n) is 10.8. The van der Waals surface area contributed by atoms with E-state index in [9.17, 15) is 9.90 Å². The lowest BCUT2D eigenvalue weighted by atomic mass is 9.80. The van der Waals surface area contributed by atoms with Crippen LogP contribution in [0.5, 0.6) is 0 Å². The molecule has 0 radical (unpaired) electrons. The Morgan fingerprint density at radius 3 is 2.75 bits per heavy atom. The lowest BCUT2D eigenvalue weighted by Gasteiger charge is -2.35. The first kappa shape index (κ1) is 12.7. The quantitative estimate of drug-likeness (QED) is 0.908. The highest BCUT2D eigenvalue weighted by molar-refractivity contribution is 5.65. The molecule has 1 amide bonds. The maximum absolute atomic E-state index is 11.2. The molecule has 2 unspecified atom stereocenters. The number of piperidine rings is 1. The van der Waals surface area contributed by atoms with Crippen molar-refractivity contribution >= 4 is 6.09 Å². The summed E-state index contributed by atoms with van der Waals surface area (Å²) in [5.74, 6) is 0.695. The fraction of sp³-hybridized carbons (Fsp3) is 0.357. The number of nitrogens with zero attached hydrogens (tertiary/aromatic N) is 3. The van der Waals surface area contributed by atoms with Crippen LogP contribution in [0.1, 0.15) is 29.7 Å². The minimum absolute atomic E-state index is 0.0431. The van der Waals surface area contributed by atoms with Crippen molar-refractivity contribution in [3.63, 3.8) is 0 Å². The Balaban J connectivity index is 1.92. The Labute approximate surface area is 116 Å². The lowest BCUT2D eigenvalue weighted by molar-refractivity contribution is 0.121. The molecule has 20 heavy (non-hydrogen) atoms. The standard InChI is InChI=1S/C14H15N3O3/c18-14(19)17-7-6-11(13-15-9-16-20-13)12(8-17)10-4-2-1-3-5-10/h1-5,9,11-12H,6-8H2,(H,18,19). The van der Waals surface area contributed by atoms with Gasteiger partial charge in [0.25, 0.3) is 0 Å². The number of carboxylic acid groups (broad SMARTS) is 1. The van der Waals surface area contributed by atoms with Gasteiger partial charge < -0.3 is 14.5 Å². The van der Waals surface area contributed by atoms with Crippen LogP contribution in [-0.4, -0.2) is 39.3 Å². The molecule has 1 aromatic heterocycles. The van der Waals surface area contributed by atoms with E-state index < -0.39 is 6.09 Å². The third kappa shape index (κ3) is 2.36. The van der Waals surface area contributed by atoms with Gasteiger partial charge in [-0.15, -0.1) is 0 Å². The minimum Gasteiger partial charge on any atom is -0.465 e. The number of amides is 1. The van der Waals surface area contributed by atoms with E-state index in [-0.39, 0.29) is 11.8 Å². The van der Waals surface area contributed by atoms with Crippen LogP contribution in [0, 0.1) is 0 Å². The SMILES string of the molecule is O=C(O)N1CCC(c2ncno2)C(c2ccccc2)C1. The smallest absolute Gasteiger partial charge is 0.407 e. The number of hydrogen-bond donors (Lipinski definition) is 1. The molecule has 0 aliphatic carbocycles. The van der Waals surface area contributed by atoms with Crippen LogP contribution in [-0.2, 0) is 0 Å². The van der Waals surface area contributed by atoms with Gasteiger partial charge >= 0.3 is 6.09 Å². The Morgan fingerprint density at radius 2 is 2.10 bits per heavy atom. The molecule has 2 atom stereocenters. The maximum atomic E-state index is 11.2. The summed E-state index contributed by atoms with van der Waals surface area (Å²) in [5, 5.41) is 12.9. The van der Waals surface area contributed by atoms with Gasteiger partial charge in [-0.05, 0) is 12.0 Å². The van der Waals surface area contributed by atoms with Crippen molar-refractivity contribution in [2.75, 3.05) is 13.1 Å². The number of likely N-dealkylation sites (tertiary alicyclic amines) is 1. The maximum Gasteiger partial charge on any atom is 0.407 e. The summed E-state index contributed by atoms with van der Waals surface area (Å²) in [7, 11) is 0. The van der Waals surface area contributed by atoms with E-state index in [1.54, 1.807) is 0 Å². The van der Waals surface area contributed by atoms with Crippen molar-refractivity contribution in [1.82, 2.24) is 15.0 Å². The molecule has 1 aromatic carbocycles. The van der Waals surface area contributed by atoms with E-state index in [0.717, 1.165) is 5.56 Å². The molecule has 2 aromatic rings. The second-order valence-electron chi connectivity index (χ2n) is 4.92. The van der Waals surface area contributed by atoms with Crippen molar-refractivity contribution in [2.45, 2.75) is 18.3 Å². The van der Waals surface area contributed by atoms with Gasteiger partial charge in [0.15, 0.2) is 6.33 Å². The first-order chi connectivity index (χ1) is 9.75. The van der Waals surface area contributed by atoms with E-state index in [4.69, 9.17) is 4.52 Å². The van der Waals surface area contributed by atoms with Crippen LogP contribution in [0.15, 0.2) is 41.2 Å². The third-order valence-electron chi connectivity index (χ3n) is 3.81. The fourth-order valence-electron chi connectivity index (χ4n) is 2.80. The molecule has 0 spiro atoms. The first-order valence-corrected chi connectivity index (χ1v) is 6.55. The fourth-order valence-corrected chi connectivity index (χ4v) is 2.80. The van der Waals surface area contributed by atoms with Crippen molar-refractivity contribution in [3.05, 3.63) is 48.1 Å². The topological polar surface area (TPSA) is 79.5 Å². The average molecular weight is 273 g/mol. The van der Waals surface area contributed by atoms with E-state index in [2.05, 4.69) is 10.1 Å². The third-order valence-corrected chi connectivity index (χ3v) is 3.81. The van der Waals surface area contributed by atoms with Crippen LogP contribution in [0.25, 0.3) is 0 Å². The van der Waals surface area contributed by atoms with E-state index >= 15 is 0 Å². The summed E-state index contributed by atoms with van der Waals surface area (Å²) in [4.78, 5) is 16.8. The number of aromatic nitrogens is 2. The number of benzene rings is 1. The first-order valence-electron chi connectivity index (χ1n) is 6.55. The van der Waals surface area contributed by atoms with Gasteiger partial charge in [0.05, 0.1) is 0 Å². The highest BCUT2D eigenvalue weighted by Gasteiger charge is 2.36. The Morgan fingerprint density at radius 1 is 1.30 bits per heavy atom. The predicted octanol–water partition coefficient (Wildman–Crippen LogP) is 2.32. The molecule has 104 valence electrons. The van der Waals surface area contributed by atoms with Crippen LogP contribution >= 0.6 is 0 Å². The Kier molecular flexibility index (Phi) is 3.37. The van der Waals surface area contributed by atoms with Gasteiger partial charge in [-0.25, -0.2) is 4.79 Å². The van der Waals surface area contributed by atoms with Gasteiger partial charge in [-0.1, -0.05) is 35.5 Å². The normalized spacial score (nSPS) is 22.7. The average Bonchev–Trinajstić information content (AvgIpc) is 3.01. The Bertz CT molecular complexity index is 571. The number of carbonyl (C=O) groups is 1. The van der Waals surface area contributed by atoms with Crippen molar-refractivity contribution in [2.24, 2.45) is 0 Å². The number of rotatable bonds is 2. The van der Waals surface area contributed by atoms with Crippen LogP contribution in [0.4, 0.5) is 4.79 Å². The van der Waals surface area contributed by atoms with Gasteiger partial charge in [0.1, 0.15) is 0 Å². The Hall–Kier alpha value is -2.37. The molecule has 3 rings (SSSR count). The molecular formula is C14H15N3O3. The largest absolute Gasteiger partial charge is 0.465 e. The highest BCUT2D eigenvalue weighted by atomic mass is 16.5. The summed E-state index contributed by atoms with van der Waals surface area (Å²) in [5.41, 5.74) is 1.10. The molecule has 1 saturated heterocycles. The van der Waals surface area contributed by atoms with Gasteiger partial charge in [-0.2, -0.15) is 4.98 Å². The van der Waals surface area contributed by atoms with Gasteiger partial charge in [-0.3, -0.25) is 0 Å². The van der Waals surface area contributed by atoms with E-state index in [0.29, 0.717) is 25.4 Å². The molecule has 0 saturated carbocycles. The van der Waals surface area contributed by atoms with Crippen molar-refractivity contribution in [1.29, 1.82) is 0 Å². The van der Waals surface area contributed by atoms with E-state index in [1.807, 2.05) is 30.3 Å². The van der Waals surface area contributed by atoms with Crippen LogP contribution < -0.4 is 0 Å². The van der Waals surface area contributed by atoms with Crippen molar-refractivity contribution in [3.8, 4) is 0 Å². The molecule has 1 aliphatic rings. The monoisotopic (exact) mass is 273 g/mol. The second-order valence-corrected chi connectivity index (χ2v) is 4.92. The predicted molar refractivity (Wildman–Crippen MR) is 70.4 cm³/mol. The molecule has 0 bridgehead atoms. The van der Waals surface area contributed by atoms with Crippen LogP contribution in [0.2, 0.25) is 0 Å². The van der Waals surface area contributed by atoms with Crippen LogP contribution in [0.3, 0.4) is 0 Å². The summed E-state index contributed by atoms with van der Waals surface area (Å²) in [6.45, 7) is 0.943. The number of hydrogen-bond acceptors (Lipinski definition) is 4. The molecule has 6 nitrogen and oxygen atoms in total. The zero-order valence-corrected chi connectivity index (χ0v) is 10.8. The highest BCUT2D eigenvalue weighted by Crippen LogP contribution is 2.38. The molecule has 6 heteroatoms. The molecular weight excluding hydrogens is 258 g/mol. The van der Waals surface area contributed by atoms with Gasteiger partial charge in [0.2, 0.25) is 5.89 Å². The molecule has 2 heterocycles. The van der Waals surface area contributed by atoms with Crippen molar-refractivity contribution < 1.29 is 14.4 Å². The van der Waals surface area contributed by atoms with Gasteiger partial charge in [0, 0.05) is 24.9 Å². The summed E-state index contributed by atoms with van der Waals surface area (Å²) < 4.78 is 5.19. The van der Waals surface area contributed by atoms with E-state index in [1.165, 1.54) is 11.2 Å². The summed E-state index contributed by atoms with van der Waals surface area (Å²) >= 11 is 0. The minimum atomic E-state index is -0.880. The summed E-state index contributed by atoms with van der Waals surface area (Å²) in [6, 6.07) is 9.89. The molecule has 1 fully saturated rings. The molecule has 1 aliphatic heterocycles. The summed E-state index contributed by atoms with van der Waals surface area (Å²) in [6.07, 6.45) is 1.20. The molecule has 1 N–H and O–H groups in total. The zero-order chi connectivity index (χ0) is 13.9.